The Labute approximate surface area is 126 Å². The van der Waals surface area contributed by atoms with Crippen molar-refractivity contribution in [2.24, 2.45) is 0 Å². The van der Waals surface area contributed by atoms with Crippen LogP contribution in [0.4, 0.5) is 0 Å². The Bertz CT molecular complexity index is 776. The number of halogens is 1. The lowest BCUT2D eigenvalue weighted by Crippen LogP contribution is -1.91. The van der Waals surface area contributed by atoms with Crippen LogP contribution in [0.2, 0.25) is 0 Å². The van der Waals surface area contributed by atoms with Crippen LogP contribution >= 0.6 is 15.9 Å². The van der Waals surface area contributed by atoms with Gasteiger partial charge in [0.1, 0.15) is 0 Å². The first-order valence-electron chi connectivity index (χ1n) is 6.97. The van der Waals surface area contributed by atoms with Crippen molar-refractivity contribution in [3.63, 3.8) is 0 Å². The summed E-state index contributed by atoms with van der Waals surface area (Å²) in [5.74, 6) is 0.672. The molecular weight excluding hydrogens is 310 g/mol. The Morgan fingerprint density at radius 3 is 2.50 bits per heavy atom. The first-order valence-corrected chi connectivity index (χ1v) is 7.76. The summed E-state index contributed by atoms with van der Waals surface area (Å²) >= 11 is 3.57. The highest BCUT2D eigenvalue weighted by molar-refractivity contribution is 9.10. The molecule has 3 aromatic rings. The van der Waals surface area contributed by atoms with E-state index in [0.717, 1.165) is 9.99 Å². The van der Waals surface area contributed by atoms with Gasteiger partial charge in [0.05, 0.1) is 5.52 Å². The first kappa shape index (κ1) is 12.1. The summed E-state index contributed by atoms with van der Waals surface area (Å²) in [6, 6.07) is 19.2. The van der Waals surface area contributed by atoms with E-state index < -0.39 is 0 Å². The minimum Gasteiger partial charge on any atom is -0.253 e. The maximum Gasteiger partial charge on any atom is 0.0712 e. The smallest absolute Gasteiger partial charge is 0.0712 e. The largest absolute Gasteiger partial charge is 0.253 e. The summed E-state index contributed by atoms with van der Waals surface area (Å²) in [4.78, 5) is 4.84. The van der Waals surface area contributed by atoms with E-state index in [1.54, 1.807) is 0 Å². The van der Waals surface area contributed by atoms with E-state index in [4.69, 9.17) is 4.98 Å². The topological polar surface area (TPSA) is 12.9 Å². The number of pyridine rings is 1. The van der Waals surface area contributed by atoms with E-state index >= 15 is 0 Å². The Morgan fingerprint density at radius 1 is 0.950 bits per heavy atom. The van der Waals surface area contributed by atoms with Gasteiger partial charge in [-0.25, -0.2) is 0 Å². The molecule has 1 fully saturated rings. The van der Waals surface area contributed by atoms with Crippen molar-refractivity contribution in [1.82, 2.24) is 4.98 Å². The maximum absolute atomic E-state index is 4.84. The van der Waals surface area contributed by atoms with Crippen molar-refractivity contribution in [3.8, 4) is 11.1 Å². The fraction of sp³-hybridized carbons (Fsp3) is 0.167. The van der Waals surface area contributed by atoms with Gasteiger partial charge in [0.2, 0.25) is 0 Å². The van der Waals surface area contributed by atoms with E-state index in [1.165, 1.54) is 35.0 Å². The standard InChI is InChI=1S/C18H14BrN/c19-14-8-9-17-16(10-14)15(12-4-2-1-3-5-12)11-18(20-17)13-6-7-13/h1-5,8-11,13H,6-7H2. The lowest BCUT2D eigenvalue weighted by atomic mass is 9.99. The zero-order valence-corrected chi connectivity index (χ0v) is 12.6. The van der Waals surface area contributed by atoms with E-state index in [0.29, 0.717) is 5.92 Å². The van der Waals surface area contributed by atoms with Crippen LogP contribution in [0.5, 0.6) is 0 Å². The maximum atomic E-state index is 4.84. The van der Waals surface area contributed by atoms with Crippen LogP contribution < -0.4 is 0 Å². The number of hydrogen-bond donors (Lipinski definition) is 0. The van der Waals surface area contributed by atoms with Crippen molar-refractivity contribution in [3.05, 3.63) is 64.8 Å². The predicted molar refractivity (Wildman–Crippen MR) is 86.9 cm³/mol. The van der Waals surface area contributed by atoms with E-state index in [9.17, 15) is 0 Å². The number of fused-ring (bicyclic) bond motifs is 1. The molecule has 1 saturated carbocycles. The number of nitrogens with zero attached hydrogens (tertiary/aromatic N) is 1. The molecule has 0 spiro atoms. The number of aromatic nitrogens is 1. The monoisotopic (exact) mass is 323 g/mol. The van der Waals surface area contributed by atoms with Gasteiger partial charge in [-0.3, -0.25) is 4.98 Å². The van der Waals surface area contributed by atoms with Gasteiger partial charge in [-0.05, 0) is 48.2 Å². The molecule has 0 saturated heterocycles. The molecule has 1 nitrogen and oxygen atoms in total. The van der Waals surface area contributed by atoms with Gasteiger partial charge in [0.15, 0.2) is 0 Å². The van der Waals surface area contributed by atoms with E-state index in [1.807, 2.05) is 0 Å². The molecule has 4 rings (SSSR count). The highest BCUT2D eigenvalue weighted by Gasteiger charge is 2.26. The van der Waals surface area contributed by atoms with Crippen LogP contribution in [0.15, 0.2) is 59.1 Å². The van der Waals surface area contributed by atoms with Gasteiger partial charge in [-0.15, -0.1) is 0 Å². The molecule has 2 heteroatoms. The fourth-order valence-corrected chi connectivity index (χ4v) is 3.02. The van der Waals surface area contributed by atoms with Crippen molar-refractivity contribution in [2.45, 2.75) is 18.8 Å². The minimum absolute atomic E-state index is 0.672. The average Bonchev–Trinajstić information content (AvgIpc) is 3.32. The van der Waals surface area contributed by atoms with E-state index in [-0.39, 0.29) is 0 Å². The summed E-state index contributed by atoms with van der Waals surface area (Å²) in [7, 11) is 0. The first-order chi connectivity index (χ1) is 9.81. The normalized spacial score (nSPS) is 14.7. The van der Waals surface area contributed by atoms with Crippen LogP contribution in [0, 0.1) is 0 Å². The third-order valence-corrected chi connectivity index (χ3v) is 4.36. The molecule has 1 aromatic heterocycles. The second kappa shape index (κ2) is 4.71. The highest BCUT2D eigenvalue weighted by Crippen LogP contribution is 2.42. The van der Waals surface area contributed by atoms with Crippen LogP contribution in [0.25, 0.3) is 22.0 Å². The summed E-state index contributed by atoms with van der Waals surface area (Å²) in [5, 5.41) is 1.22. The van der Waals surface area contributed by atoms with Gasteiger partial charge >= 0.3 is 0 Å². The molecule has 1 aliphatic rings. The van der Waals surface area contributed by atoms with Crippen molar-refractivity contribution in [1.29, 1.82) is 0 Å². The fourth-order valence-electron chi connectivity index (χ4n) is 2.66. The molecule has 0 amide bonds. The number of hydrogen-bond acceptors (Lipinski definition) is 1. The lowest BCUT2D eigenvalue weighted by Gasteiger charge is -2.10. The second-order valence-electron chi connectivity index (χ2n) is 5.40. The van der Waals surface area contributed by atoms with Gasteiger partial charge in [0, 0.05) is 21.5 Å². The third kappa shape index (κ3) is 2.14. The Kier molecular flexibility index (Phi) is 2.85. The van der Waals surface area contributed by atoms with Gasteiger partial charge < -0.3 is 0 Å². The van der Waals surface area contributed by atoms with Crippen LogP contribution in [0.3, 0.4) is 0 Å². The second-order valence-corrected chi connectivity index (χ2v) is 6.31. The highest BCUT2D eigenvalue weighted by atomic mass is 79.9. The lowest BCUT2D eigenvalue weighted by molar-refractivity contribution is 1.04. The quantitative estimate of drug-likeness (QED) is 0.603. The Balaban J connectivity index is 2.02. The molecule has 98 valence electrons. The Morgan fingerprint density at radius 2 is 1.75 bits per heavy atom. The summed E-state index contributed by atoms with van der Waals surface area (Å²) in [5.41, 5.74) is 4.90. The Hall–Kier alpha value is -1.67. The van der Waals surface area contributed by atoms with Crippen molar-refractivity contribution < 1.29 is 0 Å². The third-order valence-electron chi connectivity index (χ3n) is 3.87. The number of benzene rings is 2. The van der Waals surface area contributed by atoms with Gasteiger partial charge in [-0.1, -0.05) is 46.3 Å². The predicted octanol–water partition coefficient (Wildman–Crippen LogP) is 5.54. The molecule has 2 aromatic carbocycles. The van der Waals surface area contributed by atoms with Gasteiger partial charge in [0.25, 0.3) is 0 Å². The molecule has 0 radical (unpaired) electrons. The molecule has 1 heterocycles. The summed E-state index contributed by atoms with van der Waals surface area (Å²) in [6.45, 7) is 0. The summed E-state index contributed by atoms with van der Waals surface area (Å²) < 4.78 is 1.10. The zero-order chi connectivity index (χ0) is 13.5. The molecular formula is C18H14BrN. The van der Waals surface area contributed by atoms with Crippen LogP contribution in [-0.4, -0.2) is 4.98 Å². The van der Waals surface area contributed by atoms with Crippen LogP contribution in [0.1, 0.15) is 24.5 Å². The molecule has 0 bridgehead atoms. The average molecular weight is 324 g/mol. The molecule has 0 aliphatic heterocycles. The van der Waals surface area contributed by atoms with E-state index in [2.05, 4.69) is 70.5 Å². The van der Waals surface area contributed by atoms with Crippen LogP contribution in [-0.2, 0) is 0 Å². The zero-order valence-electron chi connectivity index (χ0n) is 11.0. The molecule has 0 unspecified atom stereocenters. The molecule has 0 atom stereocenters. The molecule has 20 heavy (non-hydrogen) atoms. The minimum atomic E-state index is 0.672. The number of rotatable bonds is 2. The van der Waals surface area contributed by atoms with Crippen molar-refractivity contribution >= 4 is 26.8 Å². The van der Waals surface area contributed by atoms with Crippen molar-refractivity contribution in [2.75, 3.05) is 0 Å². The van der Waals surface area contributed by atoms with Gasteiger partial charge in [-0.2, -0.15) is 0 Å². The molecule has 1 aliphatic carbocycles. The summed E-state index contributed by atoms with van der Waals surface area (Å²) in [6.07, 6.45) is 2.56. The molecule has 0 N–H and O–H groups in total. The SMILES string of the molecule is Brc1ccc2nc(C3CC3)cc(-c3ccccc3)c2c1.